The van der Waals surface area contributed by atoms with Crippen LogP contribution in [0.4, 0.5) is 5.69 Å². The van der Waals surface area contributed by atoms with Gasteiger partial charge in [-0.25, -0.2) is 4.79 Å². The van der Waals surface area contributed by atoms with E-state index in [1.165, 1.54) is 6.07 Å². The lowest BCUT2D eigenvalue weighted by Gasteiger charge is -2.60. The molecule has 1 aromatic rings. The van der Waals surface area contributed by atoms with Crippen molar-refractivity contribution in [3.8, 4) is 5.75 Å². The number of carbonyl (C=O) groups excluding carboxylic acids is 5. The Hall–Kier alpha value is -3.85. The summed E-state index contributed by atoms with van der Waals surface area (Å²) in [6.45, 7) is 3.26. The maximum absolute atomic E-state index is 13.5. The number of nitrogens with one attached hydrogen (secondary N) is 1. The quantitative estimate of drug-likeness (QED) is 0.165. The molecule has 49 heavy (non-hydrogen) atoms. The van der Waals surface area contributed by atoms with Crippen molar-refractivity contribution in [1.29, 1.82) is 0 Å². The summed E-state index contributed by atoms with van der Waals surface area (Å²) in [5.41, 5.74) is -2.13. The first-order valence-corrected chi connectivity index (χ1v) is 16.7. The molecule has 3 fully saturated rings. The van der Waals surface area contributed by atoms with Gasteiger partial charge in [-0.2, -0.15) is 0 Å². The van der Waals surface area contributed by atoms with Crippen LogP contribution in [0.1, 0.15) is 77.2 Å². The lowest BCUT2D eigenvalue weighted by molar-refractivity contribution is -0.268. The molecule has 0 bridgehead atoms. The van der Waals surface area contributed by atoms with Crippen molar-refractivity contribution in [3.05, 3.63) is 35.4 Å². The number of Topliss-reactive ketones (excluding diaryl/α,β-unsaturated/α-hetero) is 1. The molecule has 0 saturated heterocycles. The summed E-state index contributed by atoms with van der Waals surface area (Å²) in [5.74, 6) is -3.67. The van der Waals surface area contributed by atoms with Gasteiger partial charge in [0.1, 0.15) is 11.6 Å². The molecule has 1 aromatic carbocycles. The minimum atomic E-state index is -1.82. The summed E-state index contributed by atoms with van der Waals surface area (Å²) in [6, 6.07) is 2.32. The van der Waals surface area contributed by atoms with Gasteiger partial charge in [-0.1, -0.05) is 37.3 Å². The normalized spacial score (nSPS) is 32.5. The molecule has 0 spiro atoms. The average Bonchev–Trinajstić information content (AvgIpc) is 3.33. The van der Waals surface area contributed by atoms with Crippen LogP contribution in [0.3, 0.4) is 0 Å². The maximum atomic E-state index is 13.5. The molecule has 14 heteroatoms. The van der Waals surface area contributed by atoms with E-state index in [9.17, 15) is 49.7 Å². The number of hydrogen-bond acceptors (Lipinski definition) is 13. The van der Waals surface area contributed by atoms with Gasteiger partial charge in [0.25, 0.3) is 0 Å². The predicted molar refractivity (Wildman–Crippen MR) is 168 cm³/mol. The van der Waals surface area contributed by atoms with Crippen LogP contribution in [0.5, 0.6) is 5.75 Å². The fourth-order valence-corrected chi connectivity index (χ4v) is 9.39. The van der Waals surface area contributed by atoms with E-state index in [1.807, 2.05) is 6.92 Å². The molecule has 5 rings (SSSR count). The van der Waals surface area contributed by atoms with Gasteiger partial charge in [-0.15, -0.1) is 5.23 Å². The highest BCUT2D eigenvalue weighted by Gasteiger charge is 2.68. The Morgan fingerprint density at radius 2 is 1.84 bits per heavy atom. The smallest absolute Gasteiger partial charge is 0.328 e. The SMILES string of the molecule is COC(=O)[C@H](Cc1ccc([O-])c(N(O)O)c1)NC(=O)CCC(=O)OCC(=O)[C@@]1(O)CC[C@H]2[C@H]3CCC4=CC(=O)CC[C@]4(C)[C@H]3[C@@H](O)C[C@]21C. The first-order chi connectivity index (χ1) is 23.0. The van der Waals surface area contributed by atoms with Crippen LogP contribution >= 0.6 is 0 Å². The predicted octanol–water partition coefficient (Wildman–Crippen LogP) is 1.67. The second-order valence-electron chi connectivity index (χ2n) is 14.5. The highest BCUT2D eigenvalue weighted by molar-refractivity contribution is 5.92. The first kappa shape index (κ1) is 36.4. The Labute approximate surface area is 284 Å². The van der Waals surface area contributed by atoms with E-state index in [-0.39, 0.29) is 53.4 Å². The van der Waals surface area contributed by atoms with Gasteiger partial charge >= 0.3 is 11.9 Å². The zero-order valence-corrected chi connectivity index (χ0v) is 28.0. The summed E-state index contributed by atoms with van der Waals surface area (Å²) in [6.07, 6.45) is 3.54. The van der Waals surface area contributed by atoms with Gasteiger partial charge in [0.05, 0.1) is 25.3 Å². The van der Waals surface area contributed by atoms with Crippen LogP contribution in [0.25, 0.3) is 0 Å². The number of ether oxygens (including phenoxy) is 2. The second kappa shape index (κ2) is 13.8. The zero-order chi connectivity index (χ0) is 35.9. The number of hydrogen-bond donors (Lipinski definition) is 5. The number of methoxy groups -OCH3 is 1. The van der Waals surface area contributed by atoms with Crippen molar-refractivity contribution in [1.82, 2.24) is 5.32 Å². The van der Waals surface area contributed by atoms with Crippen molar-refractivity contribution in [2.75, 3.05) is 18.9 Å². The van der Waals surface area contributed by atoms with Crippen molar-refractivity contribution < 1.29 is 59.2 Å². The first-order valence-electron chi connectivity index (χ1n) is 16.7. The third-order valence-corrected chi connectivity index (χ3v) is 11.9. The van der Waals surface area contributed by atoms with Gasteiger partial charge in [-0.05, 0) is 79.4 Å². The highest BCUT2D eigenvalue weighted by Crippen LogP contribution is 2.67. The van der Waals surface area contributed by atoms with Crippen molar-refractivity contribution in [2.24, 2.45) is 28.6 Å². The van der Waals surface area contributed by atoms with E-state index in [4.69, 9.17) is 9.47 Å². The number of rotatable bonds is 11. The molecule has 1 amide bonds. The van der Waals surface area contributed by atoms with Crippen LogP contribution in [-0.4, -0.2) is 81.5 Å². The summed E-state index contributed by atoms with van der Waals surface area (Å²) < 4.78 is 9.94. The third kappa shape index (κ3) is 6.71. The summed E-state index contributed by atoms with van der Waals surface area (Å²) in [5, 5.41) is 55.8. The summed E-state index contributed by atoms with van der Waals surface area (Å²) >= 11 is 0. The number of nitrogens with zero attached hydrogens (tertiary/aromatic N) is 1. The molecule has 3 saturated carbocycles. The molecule has 268 valence electrons. The van der Waals surface area contributed by atoms with E-state index >= 15 is 0 Å². The Morgan fingerprint density at radius 3 is 2.53 bits per heavy atom. The highest BCUT2D eigenvalue weighted by atomic mass is 16.8. The molecule has 0 unspecified atom stereocenters. The second-order valence-corrected chi connectivity index (χ2v) is 14.5. The molecule has 0 aliphatic heterocycles. The number of amides is 1. The molecule has 5 N–H and O–H groups in total. The number of ketones is 2. The minimum absolute atomic E-state index is 0.0379. The van der Waals surface area contributed by atoms with Crippen LogP contribution in [0.2, 0.25) is 0 Å². The van der Waals surface area contributed by atoms with Gasteiger partial charge in [0.2, 0.25) is 11.7 Å². The average molecular weight is 686 g/mol. The van der Waals surface area contributed by atoms with Gasteiger partial charge in [0.15, 0.2) is 12.4 Å². The minimum Gasteiger partial charge on any atom is -0.871 e. The van der Waals surface area contributed by atoms with E-state index in [1.54, 1.807) is 6.08 Å². The number of anilines is 1. The molecule has 0 radical (unpaired) electrons. The molecular formula is C35H45N2O12-. The number of benzene rings is 1. The Bertz CT molecular complexity index is 1540. The molecule has 14 nitrogen and oxygen atoms in total. The zero-order valence-electron chi connectivity index (χ0n) is 28.0. The third-order valence-electron chi connectivity index (χ3n) is 11.9. The Balaban J connectivity index is 1.16. The topological polar surface area (TPSA) is 223 Å². The van der Waals surface area contributed by atoms with Crippen LogP contribution < -0.4 is 15.6 Å². The standard InChI is InChI=1S/C35H46N2O12/c1-33-12-10-21(38)16-20(33)5-6-22-23-11-13-35(45,34(23,2)17-27(40)31(22)33)28(41)18-49-30(43)9-8-29(42)36-24(32(44)48-3)14-19-4-7-26(39)25(15-19)37(46)47/h4,7,15-16,22-24,27,31,39-40,45-47H,5-6,8-14,17-18H2,1-3H3,(H,36,42)/p-1/t22-,23+,24+,27+,31-,33+,34-,35+/m1/s1. The number of fused-ring (bicyclic) bond motifs is 5. The fraction of sp³-hybridized carbons (Fsp3) is 0.629. The number of allylic oxidation sites excluding steroid dienone is 1. The van der Waals surface area contributed by atoms with E-state index in [0.29, 0.717) is 24.8 Å². The number of esters is 2. The van der Waals surface area contributed by atoms with Crippen molar-refractivity contribution in [2.45, 2.75) is 95.8 Å². The van der Waals surface area contributed by atoms with Crippen LogP contribution in [0, 0.1) is 28.6 Å². The Kier molecular flexibility index (Phi) is 10.3. The lowest BCUT2D eigenvalue weighted by Crippen LogP contribution is -2.62. The number of aliphatic hydroxyl groups excluding tert-OH is 1. The van der Waals surface area contributed by atoms with Crippen molar-refractivity contribution in [3.63, 3.8) is 0 Å². The van der Waals surface area contributed by atoms with Gasteiger partial charge < -0.3 is 30.1 Å². The van der Waals surface area contributed by atoms with Gasteiger partial charge in [0, 0.05) is 24.7 Å². The van der Waals surface area contributed by atoms with Crippen LogP contribution in [0.15, 0.2) is 29.8 Å². The molecule has 4 aliphatic carbocycles. The van der Waals surface area contributed by atoms with Gasteiger partial charge in [-0.3, -0.25) is 29.6 Å². The number of carbonyl (C=O) groups is 5. The fourth-order valence-electron chi connectivity index (χ4n) is 9.39. The molecule has 4 aliphatic rings. The molecule has 0 aromatic heterocycles. The van der Waals surface area contributed by atoms with Crippen molar-refractivity contribution >= 4 is 35.1 Å². The van der Waals surface area contributed by atoms with E-state index < -0.39 is 77.7 Å². The lowest BCUT2D eigenvalue weighted by atomic mass is 9.45. The largest absolute Gasteiger partial charge is 0.871 e. The monoisotopic (exact) mass is 685 g/mol. The molecule has 0 heterocycles. The summed E-state index contributed by atoms with van der Waals surface area (Å²) in [4.78, 5) is 63.3. The maximum Gasteiger partial charge on any atom is 0.328 e. The van der Waals surface area contributed by atoms with E-state index in [2.05, 4.69) is 12.2 Å². The number of aliphatic hydroxyl groups is 2. The molecule has 8 atom stereocenters. The Morgan fingerprint density at radius 1 is 1.10 bits per heavy atom. The summed E-state index contributed by atoms with van der Waals surface area (Å²) in [7, 11) is 1.11. The van der Waals surface area contributed by atoms with Crippen LogP contribution in [-0.2, 0) is 39.9 Å². The molecular weight excluding hydrogens is 640 g/mol. The van der Waals surface area contributed by atoms with E-state index in [0.717, 1.165) is 37.7 Å².